The van der Waals surface area contributed by atoms with Crippen LogP contribution in [0.25, 0.3) is 0 Å². The highest BCUT2D eigenvalue weighted by atomic mass is 32.2. The first kappa shape index (κ1) is 12.3. The van der Waals surface area contributed by atoms with E-state index in [1.165, 1.54) is 31.6 Å². The molecule has 0 amide bonds. The number of rotatable bonds is 7. The second-order valence-electron chi connectivity index (χ2n) is 4.76. The van der Waals surface area contributed by atoms with Gasteiger partial charge in [-0.15, -0.1) is 0 Å². The lowest BCUT2D eigenvalue weighted by Gasteiger charge is -2.28. The molecule has 0 aromatic rings. The van der Waals surface area contributed by atoms with E-state index >= 15 is 0 Å². The van der Waals surface area contributed by atoms with Crippen molar-refractivity contribution >= 4 is 11.8 Å². The summed E-state index contributed by atoms with van der Waals surface area (Å²) in [5.74, 6) is 1.23. The van der Waals surface area contributed by atoms with Gasteiger partial charge in [0.15, 0.2) is 0 Å². The summed E-state index contributed by atoms with van der Waals surface area (Å²) < 4.78 is 0. The molecule has 0 bridgehead atoms. The Kier molecular flexibility index (Phi) is 4.74. The highest BCUT2D eigenvalue weighted by molar-refractivity contribution is 7.98. The first-order valence-corrected chi connectivity index (χ1v) is 6.92. The predicted octanol–water partition coefficient (Wildman–Crippen LogP) is 1.80. The molecular weight excluding hydrogens is 192 g/mol. The Morgan fingerprint density at radius 3 is 2.57 bits per heavy atom. The molecule has 1 saturated carbocycles. The highest BCUT2D eigenvalue weighted by Crippen LogP contribution is 2.49. The number of thioether (sulfide) groups is 1. The van der Waals surface area contributed by atoms with Crippen molar-refractivity contribution in [3.8, 4) is 0 Å². The molecule has 1 atom stereocenters. The van der Waals surface area contributed by atoms with Gasteiger partial charge in [0.05, 0.1) is 0 Å². The molecule has 0 radical (unpaired) electrons. The Balaban J connectivity index is 2.28. The quantitative estimate of drug-likeness (QED) is 0.703. The minimum Gasteiger partial charge on any atom is -0.330 e. The van der Waals surface area contributed by atoms with Gasteiger partial charge in [0, 0.05) is 18.3 Å². The fourth-order valence-electron chi connectivity index (χ4n) is 2.02. The summed E-state index contributed by atoms with van der Waals surface area (Å²) in [5.41, 5.74) is 6.24. The molecule has 0 heterocycles. The topological polar surface area (TPSA) is 29.3 Å². The van der Waals surface area contributed by atoms with Crippen molar-refractivity contribution in [3.05, 3.63) is 0 Å². The monoisotopic (exact) mass is 216 g/mol. The van der Waals surface area contributed by atoms with Crippen LogP contribution in [0, 0.1) is 5.41 Å². The van der Waals surface area contributed by atoms with E-state index in [-0.39, 0.29) is 0 Å². The lowest BCUT2D eigenvalue weighted by atomic mass is 10.0. The lowest BCUT2D eigenvalue weighted by Crippen LogP contribution is -2.36. The van der Waals surface area contributed by atoms with Gasteiger partial charge in [-0.05, 0) is 51.4 Å². The Labute approximate surface area is 92.6 Å². The van der Waals surface area contributed by atoms with E-state index < -0.39 is 0 Å². The van der Waals surface area contributed by atoms with Gasteiger partial charge in [-0.2, -0.15) is 11.8 Å². The van der Waals surface area contributed by atoms with E-state index in [9.17, 15) is 0 Å². The summed E-state index contributed by atoms with van der Waals surface area (Å²) in [7, 11) is 2.25. The van der Waals surface area contributed by atoms with Gasteiger partial charge < -0.3 is 10.6 Å². The van der Waals surface area contributed by atoms with Gasteiger partial charge >= 0.3 is 0 Å². The van der Waals surface area contributed by atoms with Crippen LogP contribution < -0.4 is 5.73 Å². The fraction of sp³-hybridized carbons (Fsp3) is 1.00. The third kappa shape index (κ3) is 3.44. The van der Waals surface area contributed by atoms with Gasteiger partial charge in [0.1, 0.15) is 0 Å². The van der Waals surface area contributed by atoms with E-state index in [2.05, 4.69) is 25.1 Å². The summed E-state index contributed by atoms with van der Waals surface area (Å²) in [6.45, 7) is 4.41. The van der Waals surface area contributed by atoms with Crippen molar-refractivity contribution < 1.29 is 0 Å². The maximum atomic E-state index is 5.64. The van der Waals surface area contributed by atoms with Crippen LogP contribution in [0.5, 0.6) is 0 Å². The molecule has 1 fully saturated rings. The molecule has 1 aliphatic rings. The Morgan fingerprint density at radius 2 is 2.14 bits per heavy atom. The molecule has 1 rings (SSSR count). The zero-order valence-electron chi connectivity index (χ0n) is 9.75. The molecule has 1 aliphatic carbocycles. The van der Waals surface area contributed by atoms with E-state index in [1.54, 1.807) is 0 Å². The van der Waals surface area contributed by atoms with Crippen molar-refractivity contribution in [2.75, 3.05) is 32.1 Å². The third-order valence-corrected chi connectivity index (χ3v) is 4.19. The number of nitrogens with zero attached hydrogens (tertiary/aromatic N) is 1. The van der Waals surface area contributed by atoms with Gasteiger partial charge in [-0.3, -0.25) is 0 Å². The van der Waals surface area contributed by atoms with Gasteiger partial charge in [-0.1, -0.05) is 0 Å². The molecule has 2 nitrogen and oxygen atoms in total. The normalized spacial score (nSPS) is 21.2. The fourth-order valence-corrected chi connectivity index (χ4v) is 2.76. The van der Waals surface area contributed by atoms with Crippen LogP contribution in [0.15, 0.2) is 0 Å². The maximum absolute atomic E-state index is 5.64. The Bertz CT molecular complexity index is 169. The van der Waals surface area contributed by atoms with Crippen LogP contribution in [-0.2, 0) is 0 Å². The number of hydrogen-bond donors (Lipinski definition) is 1. The molecule has 0 spiro atoms. The molecule has 0 aromatic heterocycles. The molecule has 3 heteroatoms. The van der Waals surface area contributed by atoms with Crippen LogP contribution in [0.3, 0.4) is 0 Å². The average Bonchev–Trinajstić information content (AvgIpc) is 2.86. The third-order valence-electron chi connectivity index (χ3n) is 3.38. The molecule has 2 N–H and O–H groups in total. The SMILES string of the molecule is CSCC(C)N(C)CC1(CCN)CC1. The van der Waals surface area contributed by atoms with Crippen molar-refractivity contribution in [3.63, 3.8) is 0 Å². The molecule has 0 aromatic carbocycles. The zero-order valence-corrected chi connectivity index (χ0v) is 10.6. The van der Waals surface area contributed by atoms with E-state index in [1.807, 2.05) is 11.8 Å². The smallest absolute Gasteiger partial charge is 0.0155 e. The van der Waals surface area contributed by atoms with Crippen molar-refractivity contribution in [1.82, 2.24) is 4.90 Å². The van der Waals surface area contributed by atoms with E-state index in [4.69, 9.17) is 5.73 Å². The van der Waals surface area contributed by atoms with E-state index in [0.29, 0.717) is 11.5 Å². The second kappa shape index (κ2) is 5.38. The lowest BCUT2D eigenvalue weighted by molar-refractivity contribution is 0.216. The molecule has 14 heavy (non-hydrogen) atoms. The second-order valence-corrected chi connectivity index (χ2v) is 5.67. The summed E-state index contributed by atoms with van der Waals surface area (Å²) >= 11 is 1.93. The van der Waals surface area contributed by atoms with Crippen LogP contribution in [0.2, 0.25) is 0 Å². The van der Waals surface area contributed by atoms with Crippen LogP contribution in [-0.4, -0.2) is 43.1 Å². The van der Waals surface area contributed by atoms with Crippen LogP contribution in [0.1, 0.15) is 26.2 Å². The Morgan fingerprint density at radius 1 is 1.50 bits per heavy atom. The number of hydrogen-bond acceptors (Lipinski definition) is 3. The Hall–Kier alpha value is 0.270. The summed E-state index contributed by atoms with van der Waals surface area (Å²) in [4.78, 5) is 2.50. The number of nitrogens with two attached hydrogens (primary N) is 1. The molecule has 0 saturated heterocycles. The van der Waals surface area contributed by atoms with Gasteiger partial charge in [0.25, 0.3) is 0 Å². The summed E-state index contributed by atoms with van der Waals surface area (Å²) in [6, 6.07) is 0.695. The first-order chi connectivity index (χ1) is 6.63. The van der Waals surface area contributed by atoms with Crippen molar-refractivity contribution in [2.45, 2.75) is 32.2 Å². The molecule has 1 unspecified atom stereocenters. The first-order valence-electron chi connectivity index (χ1n) is 5.53. The molecule has 84 valence electrons. The summed E-state index contributed by atoms with van der Waals surface area (Å²) in [5, 5.41) is 0. The average molecular weight is 216 g/mol. The van der Waals surface area contributed by atoms with Gasteiger partial charge in [0.2, 0.25) is 0 Å². The largest absolute Gasteiger partial charge is 0.330 e. The minimum absolute atomic E-state index is 0.593. The molecule has 0 aliphatic heterocycles. The predicted molar refractivity (Wildman–Crippen MR) is 65.8 cm³/mol. The summed E-state index contributed by atoms with van der Waals surface area (Å²) in [6.07, 6.45) is 6.17. The van der Waals surface area contributed by atoms with E-state index in [0.717, 1.165) is 6.54 Å². The van der Waals surface area contributed by atoms with Gasteiger partial charge in [-0.25, -0.2) is 0 Å². The maximum Gasteiger partial charge on any atom is 0.0155 e. The van der Waals surface area contributed by atoms with Crippen LogP contribution >= 0.6 is 11.8 Å². The zero-order chi connectivity index (χ0) is 10.6. The standard InChI is InChI=1S/C11H24N2S/c1-10(8-14-3)13(2)9-11(4-5-11)6-7-12/h10H,4-9,12H2,1-3H3. The molecular formula is C11H24N2S. The van der Waals surface area contributed by atoms with Crippen LogP contribution in [0.4, 0.5) is 0 Å². The highest BCUT2D eigenvalue weighted by Gasteiger charge is 2.42. The van der Waals surface area contributed by atoms with Crippen molar-refractivity contribution in [2.24, 2.45) is 11.1 Å². The van der Waals surface area contributed by atoms with Crippen molar-refractivity contribution in [1.29, 1.82) is 0 Å². The minimum atomic E-state index is 0.593.